The molecule has 3 rings (SSSR count). The van der Waals surface area contributed by atoms with Gasteiger partial charge in [-0.3, -0.25) is 4.99 Å². The molecule has 3 aromatic rings. The van der Waals surface area contributed by atoms with Crippen molar-refractivity contribution >= 4 is 22.7 Å². The first kappa shape index (κ1) is 17.8. The van der Waals surface area contributed by atoms with Crippen LogP contribution in [-0.2, 0) is 13.6 Å². The summed E-state index contributed by atoms with van der Waals surface area (Å²) in [4.78, 5) is 11.1. The van der Waals surface area contributed by atoms with Crippen LogP contribution in [0.3, 0.4) is 0 Å². The molecule has 0 aliphatic carbocycles. The second kappa shape index (κ2) is 8.38. The van der Waals surface area contributed by atoms with Gasteiger partial charge in [-0.1, -0.05) is 18.2 Å². The minimum absolute atomic E-state index is 0.763. The number of pyridine rings is 1. The molecule has 0 saturated carbocycles. The Hall–Kier alpha value is -3.02. The van der Waals surface area contributed by atoms with E-state index in [9.17, 15) is 0 Å². The van der Waals surface area contributed by atoms with Crippen molar-refractivity contribution < 1.29 is 0 Å². The summed E-state index contributed by atoms with van der Waals surface area (Å²) in [5.74, 6) is 1.76. The van der Waals surface area contributed by atoms with E-state index in [1.165, 1.54) is 5.69 Å². The third-order valence-electron chi connectivity index (χ3n) is 4.34. The molecule has 0 saturated heterocycles. The summed E-state index contributed by atoms with van der Waals surface area (Å²) in [7, 11) is 5.91. The van der Waals surface area contributed by atoms with Crippen molar-refractivity contribution in [2.75, 3.05) is 32.5 Å². The molecular formula is C20H26N6. The van der Waals surface area contributed by atoms with Crippen molar-refractivity contribution in [1.82, 2.24) is 19.8 Å². The van der Waals surface area contributed by atoms with Crippen LogP contribution in [0.4, 0.5) is 5.82 Å². The van der Waals surface area contributed by atoms with Gasteiger partial charge in [-0.05, 0) is 30.3 Å². The lowest BCUT2D eigenvalue weighted by atomic mass is 10.2. The molecule has 0 radical (unpaired) electrons. The molecule has 6 heteroatoms. The minimum atomic E-state index is 0.763. The Labute approximate surface area is 154 Å². The van der Waals surface area contributed by atoms with E-state index in [-0.39, 0.29) is 0 Å². The number of anilines is 1. The van der Waals surface area contributed by atoms with E-state index >= 15 is 0 Å². The van der Waals surface area contributed by atoms with Crippen molar-refractivity contribution in [2.24, 2.45) is 12.0 Å². The highest BCUT2D eigenvalue weighted by molar-refractivity contribution is 5.80. The van der Waals surface area contributed by atoms with Crippen LogP contribution in [-0.4, -0.2) is 47.6 Å². The number of para-hydroxylation sites is 1. The van der Waals surface area contributed by atoms with Crippen LogP contribution in [0.1, 0.15) is 5.69 Å². The van der Waals surface area contributed by atoms with Crippen LogP contribution in [0.15, 0.2) is 59.7 Å². The smallest absolute Gasteiger partial charge is 0.193 e. The Kier molecular flexibility index (Phi) is 5.73. The summed E-state index contributed by atoms with van der Waals surface area (Å²) in [5, 5.41) is 7.90. The van der Waals surface area contributed by atoms with Crippen molar-refractivity contribution in [3.63, 3.8) is 0 Å². The van der Waals surface area contributed by atoms with Crippen LogP contribution in [0, 0.1) is 0 Å². The van der Waals surface area contributed by atoms with Crippen molar-refractivity contribution in [2.45, 2.75) is 6.54 Å². The molecule has 0 fully saturated rings. The number of aromatic nitrogens is 2. The van der Waals surface area contributed by atoms with E-state index in [1.807, 2.05) is 38.4 Å². The zero-order valence-electron chi connectivity index (χ0n) is 15.6. The largest absolute Gasteiger partial charge is 0.368 e. The van der Waals surface area contributed by atoms with E-state index in [1.54, 1.807) is 0 Å². The lowest BCUT2D eigenvalue weighted by Gasteiger charge is -2.22. The average molecular weight is 350 g/mol. The molecule has 2 aromatic heterocycles. The summed E-state index contributed by atoms with van der Waals surface area (Å²) in [6, 6.07) is 16.4. The Morgan fingerprint density at radius 2 is 1.96 bits per heavy atom. The van der Waals surface area contributed by atoms with Gasteiger partial charge in [0.25, 0.3) is 0 Å². The lowest BCUT2D eigenvalue weighted by molar-refractivity contribution is 0.463. The second-order valence-corrected chi connectivity index (χ2v) is 6.26. The van der Waals surface area contributed by atoms with Crippen molar-refractivity contribution in [3.05, 3.63) is 60.4 Å². The number of fused-ring (bicyclic) bond motifs is 1. The Balaban J connectivity index is 1.48. The Bertz CT molecular complexity index is 883. The Morgan fingerprint density at radius 3 is 2.73 bits per heavy atom. The summed E-state index contributed by atoms with van der Waals surface area (Å²) in [6.07, 6.45) is 2.06. The molecule has 0 unspecified atom stereocenters. The molecule has 2 heterocycles. The van der Waals surface area contributed by atoms with Gasteiger partial charge >= 0.3 is 0 Å². The zero-order valence-corrected chi connectivity index (χ0v) is 15.6. The molecule has 0 atom stereocenters. The highest BCUT2D eigenvalue weighted by Crippen LogP contribution is 2.14. The number of hydrogen-bond acceptors (Lipinski definition) is 3. The second-order valence-electron chi connectivity index (χ2n) is 6.26. The standard InChI is InChI=1S/C20H26N6/c1-21-20(26(3)15-17-8-6-14-25(17)2)23-13-12-22-19-11-10-16-7-4-5-9-18(16)24-19/h4-11,14H,12-13,15H2,1-3H3,(H,21,23)(H,22,24). The number of aryl methyl sites for hydroxylation is 1. The third-order valence-corrected chi connectivity index (χ3v) is 4.34. The molecule has 136 valence electrons. The molecule has 1 aromatic carbocycles. The predicted octanol–water partition coefficient (Wildman–Crippen LogP) is 2.69. The summed E-state index contributed by atoms with van der Waals surface area (Å²) >= 11 is 0. The fraction of sp³-hybridized carbons (Fsp3) is 0.300. The van der Waals surface area contributed by atoms with Crippen LogP contribution in [0.25, 0.3) is 10.9 Å². The predicted molar refractivity (Wildman–Crippen MR) is 108 cm³/mol. The first-order chi connectivity index (χ1) is 12.7. The molecular weight excluding hydrogens is 324 g/mol. The first-order valence-electron chi connectivity index (χ1n) is 8.79. The van der Waals surface area contributed by atoms with Gasteiger partial charge in [0.05, 0.1) is 12.1 Å². The van der Waals surface area contributed by atoms with Gasteiger partial charge in [-0.25, -0.2) is 4.98 Å². The van der Waals surface area contributed by atoms with E-state index in [4.69, 9.17) is 0 Å². The fourth-order valence-corrected chi connectivity index (χ4v) is 2.89. The number of aliphatic imine (C=N–C) groups is 1. The number of benzene rings is 1. The molecule has 0 amide bonds. The number of hydrogen-bond donors (Lipinski definition) is 2. The van der Waals surface area contributed by atoms with Crippen molar-refractivity contribution in [1.29, 1.82) is 0 Å². The minimum Gasteiger partial charge on any atom is -0.368 e. The van der Waals surface area contributed by atoms with Crippen LogP contribution in [0.5, 0.6) is 0 Å². The average Bonchev–Trinajstić information content (AvgIpc) is 3.06. The normalized spacial score (nSPS) is 11.6. The van der Waals surface area contributed by atoms with Crippen molar-refractivity contribution in [3.8, 4) is 0 Å². The molecule has 0 aliphatic heterocycles. The fourth-order valence-electron chi connectivity index (χ4n) is 2.89. The summed E-state index contributed by atoms with van der Waals surface area (Å²) in [6.45, 7) is 2.34. The summed E-state index contributed by atoms with van der Waals surface area (Å²) in [5.41, 5.74) is 2.25. The van der Waals surface area contributed by atoms with Gasteiger partial charge in [-0.2, -0.15) is 0 Å². The number of rotatable bonds is 6. The number of nitrogens with one attached hydrogen (secondary N) is 2. The van der Waals surface area contributed by atoms with Gasteiger partial charge in [-0.15, -0.1) is 0 Å². The monoisotopic (exact) mass is 350 g/mol. The molecule has 26 heavy (non-hydrogen) atoms. The molecule has 0 bridgehead atoms. The third kappa shape index (κ3) is 4.33. The van der Waals surface area contributed by atoms with Gasteiger partial charge in [0, 0.05) is 51.5 Å². The van der Waals surface area contributed by atoms with Gasteiger partial charge in [0.1, 0.15) is 5.82 Å². The van der Waals surface area contributed by atoms with Crippen LogP contribution >= 0.6 is 0 Å². The molecule has 0 aliphatic rings. The zero-order chi connectivity index (χ0) is 18.4. The Morgan fingerprint density at radius 1 is 1.12 bits per heavy atom. The molecule has 6 nitrogen and oxygen atoms in total. The lowest BCUT2D eigenvalue weighted by Crippen LogP contribution is -2.40. The first-order valence-corrected chi connectivity index (χ1v) is 8.79. The van der Waals surface area contributed by atoms with Crippen LogP contribution < -0.4 is 10.6 Å². The van der Waals surface area contributed by atoms with Gasteiger partial charge in [0.15, 0.2) is 5.96 Å². The quantitative estimate of drug-likeness (QED) is 0.408. The van der Waals surface area contributed by atoms with E-state index in [0.717, 1.165) is 42.3 Å². The molecule has 2 N–H and O–H groups in total. The maximum Gasteiger partial charge on any atom is 0.193 e. The highest BCUT2D eigenvalue weighted by Gasteiger charge is 2.07. The van der Waals surface area contributed by atoms with Crippen LogP contribution in [0.2, 0.25) is 0 Å². The maximum atomic E-state index is 4.62. The maximum absolute atomic E-state index is 4.62. The van der Waals surface area contributed by atoms with E-state index in [2.05, 4.69) is 67.6 Å². The van der Waals surface area contributed by atoms with Gasteiger partial charge < -0.3 is 20.1 Å². The molecule has 0 spiro atoms. The SMILES string of the molecule is CN=C(NCCNc1ccc2ccccc2n1)N(C)Cc1cccn1C. The highest BCUT2D eigenvalue weighted by atomic mass is 15.3. The van der Waals surface area contributed by atoms with Gasteiger partial charge in [0.2, 0.25) is 0 Å². The summed E-state index contributed by atoms with van der Waals surface area (Å²) < 4.78 is 2.12. The number of nitrogens with zero attached hydrogens (tertiary/aromatic N) is 4. The van der Waals surface area contributed by atoms with E-state index < -0.39 is 0 Å². The number of guanidine groups is 1. The topological polar surface area (TPSA) is 57.5 Å². The van der Waals surface area contributed by atoms with E-state index in [0.29, 0.717) is 0 Å².